The summed E-state index contributed by atoms with van der Waals surface area (Å²) in [6.45, 7) is 6.59. The van der Waals surface area contributed by atoms with Crippen LogP contribution in [0.15, 0.2) is 35.9 Å². The predicted molar refractivity (Wildman–Crippen MR) is 74.5 cm³/mol. The maximum Gasteiger partial charge on any atom is 0.0369 e. The van der Waals surface area contributed by atoms with Gasteiger partial charge in [-0.2, -0.15) is 0 Å². The van der Waals surface area contributed by atoms with Gasteiger partial charge in [-0.05, 0) is 45.0 Å². The Morgan fingerprint density at radius 2 is 1.94 bits per heavy atom. The van der Waals surface area contributed by atoms with E-state index in [9.17, 15) is 0 Å². The lowest BCUT2D eigenvalue weighted by atomic mass is 10.1. The molecule has 2 heteroatoms. The van der Waals surface area contributed by atoms with Gasteiger partial charge in [0.25, 0.3) is 0 Å². The molecule has 1 atom stereocenters. The van der Waals surface area contributed by atoms with Crippen LogP contribution in [-0.4, -0.2) is 20.1 Å². The van der Waals surface area contributed by atoms with E-state index in [2.05, 4.69) is 54.4 Å². The van der Waals surface area contributed by atoms with E-state index < -0.39 is 0 Å². The quantitative estimate of drug-likeness (QED) is 0.803. The molecule has 0 fully saturated rings. The first kappa shape index (κ1) is 12.2. The Bertz CT molecular complexity index is 392. The van der Waals surface area contributed by atoms with Crippen molar-refractivity contribution in [3.63, 3.8) is 0 Å². The molecule has 2 nitrogen and oxygen atoms in total. The Kier molecular flexibility index (Phi) is 3.85. The van der Waals surface area contributed by atoms with Crippen LogP contribution in [0.2, 0.25) is 0 Å². The highest BCUT2D eigenvalue weighted by atomic mass is 15.1. The SMILES string of the molecule is CNC(C)c1ccc(N2CC=C(C)CC2)cc1. The van der Waals surface area contributed by atoms with Gasteiger partial charge in [0.15, 0.2) is 0 Å². The molecule has 2 rings (SSSR count). The molecule has 1 N–H and O–H groups in total. The second kappa shape index (κ2) is 5.37. The van der Waals surface area contributed by atoms with Gasteiger partial charge in [0, 0.05) is 24.8 Å². The second-order valence-corrected chi connectivity index (χ2v) is 4.85. The zero-order chi connectivity index (χ0) is 12.3. The third-order valence-electron chi connectivity index (χ3n) is 3.63. The molecule has 1 heterocycles. The smallest absolute Gasteiger partial charge is 0.0369 e. The fourth-order valence-corrected chi connectivity index (χ4v) is 2.15. The van der Waals surface area contributed by atoms with Gasteiger partial charge in [-0.15, -0.1) is 0 Å². The maximum absolute atomic E-state index is 3.26. The van der Waals surface area contributed by atoms with Crippen molar-refractivity contribution in [2.45, 2.75) is 26.3 Å². The fraction of sp³-hybridized carbons (Fsp3) is 0.467. The van der Waals surface area contributed by atoms with E-state index in [0.717, 1.165) is 13.1 Å². The highest BCUT2D eigenvalue weighted by Crippen LogP contribution is 2.21. The Balaban J connectivity index is 2.08. The van der Waals surface area contributed by atoms with Crippen LogP contribution in [0, 0.1) is 0 Å². The molecule has 0 aliphatic carbocycles. The van der Waals surface area contributed by atoms with Crippen molar-refractivity contribution in [1.82, 2.24) is 5.32 Å². The first-order valence-corrected chi connectivity index (χ1v) is 6.38. The largest absolute Gasteiger partial charge is 0.367 e. The van der Waals surface area contributed by atoms with Crippen molar-refractivity contribution in [2.24, 2.45) is 0 Å². The van der Waals surface area contributed by atoms with E-state index in [1.165, 1.54) is 23.2 Å². The molecule has 1 aliphatic heterocycles. The molecule has 92 valence electrons. The Morgan fingerprint density at radius 3 is 2.47 bits per heavy atom. The van der Waals surface area contributed by atoms with Gasteiger partial charge < -0.3 is 10.2 Å². The summed E-state index contributed by atoms with van der Waals surface area (Å²) in [5.41, 5.74) is 4.20. The summed E-state index contributed by atoms with van der Waals surface area (Å²) in [4.78, 5) is 2.43. The Labute approximate surface area is 104 Å². The van der Waals surface area contributed by atoms with Crippen LogP contribution in [0.3, 0.4) is 0 Å². The van der Waals surface area contributed by atoms with E-state index in [-0.39, 0.29) is 0 Å². The van der Waals surface area contributed by atoms with Crippen LogP contribution in [0.5, 0.6) is 0 Å². The molecule has 0 amide bonds. The van der Waals surface area contributed by atoms with E-state index in [1.54, 1.807) is 0 Å². The molecule has 0 bridgehead atoms. The van der Waals surface area contributed by atoms with Gasteiger partial charge in [0.2, 0.25) is 0 Å². The van der Waals surface area contributed by atoms with Crippen molar-refractivity contribution < 1.29 is 0 Å². The van der Waals surface area contributed by atoms with Crippen molar-refractivity contribution in [3.8, 4) is 0 Å². The number of rotatable bonds is 3. The van der Waals surface area contributed by atoms with Crippen LogP contribution < -0.4 is 10.2 Å². The summed E-state index contributed by atoms with van der Waals surface area (Å²) < 4.78 is 0. The lowest BCUT2D eigenvalue weighted by molar-refractivity contribution is 0.652. The molecular weight excluding hydrogens is 208 g/mol. The Hall–Kier alpha value is -1.28. The molecule has 17 heavy (non-hydrogen) atoms. The van der Waals surface area contributed by atoms with Crippen LogP contribution in [0.1, 0.15) is 31.9 Å². The summed E-state index contributed by atoms with van der Waals surface area (Å²) in [5, 5.41) is 3.26. The van der Waals surface area contributed by atoms with E-state index in [1.807, 2.05) is 7.05 Å². The summed E-state index contributed by atoms with van der Waals surface area (Å²) >= 11 is 0. The van der Waals surface area contributed by atoms with Crippen molar-refractivity contribution in [1.29, 1.82) is 0 Å². The van der Waals surface area contributed by atoms with Gasteiger partial charge in [0.1, 0.15) is 0 Å². The van der Waals surface area contributed by atoms with Crippen LogP contribution in [-0.2, 0) is 0 Å². The van der Waals surface area contributed by atoms with Gasteiger partial charge in [-0.1, -0.05) is 23.8 Å². The molecule has 1 aliphatic rings. The monoisotopic (exact) mass is 230 g/mol. The van der Waals surface area contributed by atoms with Crippen molar-refractivity contribution in [2.75, 3.05) is 25.0 Å². The minimum Gasteiger partial charge on any atom is -0.367 e. The summed E-state index contributed by atoms with van der Waals surface area (Å²) in [7, 11) is 2.00. The summed E-state index contributed by atoms with van der Waals surface area (Å²) in [6, 6.07) is 9.34. The number of anilines is 1. The van der Waals surface area contributed by atoms with Gasteiger partial charge in [0.05, 0.1) is 0 Å². The topological polar surface area (TPSA) is 15.3 Å². The highest BCUT2D eigenvalue weighted by Gasteiger charge is 2.10. The molecule has 0 aromatic heterocycles. The highest BCUT2D eigenvalue weighted by molar-refractivity contribution is 5.49. The molecule has 1 unspecified atom stereocenters. The number of nitrogens with one attached hydrogen (secondary N) is 1. The average molecular weight is 230 g/mol. The van der Waals surface area contributed by atoms with E-state index in [0.29, 0.717) is 6.04 Å². The van der Waals surface area contributed by atoms with Gasteiger partial charge in [-0.25, -0.2) is 0 Å². The number of hydrogen-bond acceptors (Lipinski definition) is 2. The average Bonchev–Trinajstić information content (AvgIpc) is 2.39. The minimum absolute atomic E-state index is 0.424. The predicted octanol–water partition coefficient (Wildman–Crippen LogP) is 3.12. The molecular formula is C15H22N2. The fourth-order valence-electron chi connectivity index (χ4n) is 2.15. The molecule has 1 aromatic rings. The van der Waals surface area contributed by atoms with Gasteiger partial charge >= 0.3 is 0 Å². The van der Waals surface area contributed by atoms with Crippen LogP contribution in [0.4, 0.5) is 5.69 Å². The zero-order valence-electron chi connectivity index (χ0n) is 11.0. The first-order chi connectivity index (χ1) is 8.20. The Morgan fingerprint density at radius 1 is 1.24 bits per heavy atom. The first-order valence-electron chi connectivity index (χ1n) is 6.38. The van der Waals surface area contributed by atoms with Crippen LogP contribution >= 0.6 is 0 Å². The lowest BCUT2D eigenvalue weighted by Gasteiger charge is -2.28. The third-order valence-corrected chi connectivity index (χ3v) is 3.63. The number of hydrogen-bond donors (Lipinski definition) is 1. The standard InChI is InChI=1S/C15H22N2/c1-12-8-10-17(11-9-12)15-6-4-14(5-7-15)13(2)16-3/h4-8,13,16H,9-11H2,1-3H3. The lowest BCUT2D eigenvalue weighted by Crippen LogP contribution is -2.28. The van der Waals surface area contributed by atoms with Crippen molar-refractivity contribution >= 4 is 5.69 Å². The second-order valence-electron chi connectivity index (χ2n) is 4.85. The minimum atomic E-state index is 0.424. The maximum atomic E-state index is 3.26. The number of benzene rings is 1. The van der Waals surface area contributed by atoms with E-state index >= 15 is 0 Å². The van der Waals surface area contributed by atoms with E-state index in [4.69, 9.17) is 0 Å². The number of nitrogens with zero attached hydrogens (tertiary/aromatic N) is 1. The summed E-state index contributed by atoms with van der Waals surface area (Å²) in [6.07, 6.45) is 3.52. The molecule has 0 saturated heterocycles. The zero-order valence-corrected chi connectivity index (χ0v) is 11.0. The third kappa shape index (κ3) is 2.89. The van der Waals surface area contributed by atoms with Gasteiger partial charge in [-0.3, -0.25) is 0 Å². The molecule has 0 radical (unpaired) electrons. The van der Waals surface area contributed by atoms with Crippen molar-refractivity contribution in [3.05, 3.63) is 41.5 Å². The normalized spacial score (nSPS) is 17.8. The molecule has 0 spiro atoms. The molecule has 1 aromatic carbocycles. The van der Waals surface area contributed by atoms with Crippen LogP contribution in [0.25, 0.3) is 0 Å². The summed E-state index contributed by atoms with van der Waals surface area (Å²) in [5.74, 6) is 0. The molecule has 0 saturated carbocycles.